The molecular formula is C17H11ClN6O2S. The highest BCUT2D eigenvalue weighted by Gasteiger charge is 2.15. The van der Waals surface area contributed by atoms with Crippen molar-refractivity contribution >= 4 is 34.9 Å². The van der Waals surface area contributed by atoms with Gasteiger partial charge in [0.2, 0.25) is 0 Å². The maximum atomic E-state index is 12.2. The van der Waals surface area contributed by atoms with Crippen molar-refractivity contribution in [1.82, 2.24) is 24.7 Å². The van der Waals surface area contributed by atoms with E-state index in [4.69, 9.17) is 16.1 Å². The lowest BCUT2D eigenvalue weighted by atomic mass is 10.1. The maximum Gasteiger partial charge on any atom is 0.270 e. The number of nitrogens with one attached hydrogen (secondary N) is 1. The van der Waals surface area contributed by atoms with Crippen molar-refractivity contribution in [1.29, 1.82) is 0 Å². The second-order valence-corrected chi connectivity index (χ2v) is 6.66. The van der Waals surface area contributed by atoms with Crippen LogP contribution >= 0.6 is 23.1 Å². The fraction of sp³-hybridized carbons (Fsp3) is 0.0588. The van der Waals surface area contributed by atoms with Crippen LogP contribution in [0.2, 0.25) is 5.02 Å². The van der Waals surface area contributed by atoms with E-state index in [2.05, 4.69) is 30.0 Å². The van der Waals surface area contributed by atoms with Gasteiger partial charge in [0.25, 0.3) is 5.91 Å². The number of benzene rings is 1. The van der Waals surface area contributed by atoms with Gasteiger partial charge in [0.1, 0.15) is 4.88 Å². The molecule has 0 aliphatic rings. The average Bonchev–Trinajstić information content (AvgIpc) is 3.35. The Morgan fingerprint density at radius 3 is 2.78 bits per heavy atom. The zero-order chi connectivity index (χ0) is 18.8. The van der Waals surface area contributed by atoms with Crippen molar-refractivity contribution in [2.45, 2.75) is 6.92 Å². The van der Waals surface area contributed by atoms with Crippen molar-refractivity contribution in [2.75, 3.05) is 5.32 Å². The van der Waals surface area contributed by atoms with Crippen LogP contribution in [-0.2, 0) is 0 Å². The zero-order valence-electron chi connectivity index (χ0n) is 13.9. The fourth-order valence-corrected chi connectivity index (χ4v) is 3.15. The van der Waals surface area contributed by atoms with Crippen LogP contribution in [0.15, 0.2) is 47.4 Å². The van der Waals surface area contributed by atoms with E-state index in [0.29, 0.717) is 38.4 Å². The second-order valence-electron chi connectivity index (χ2n) is 5.50. The summed E-state index contributed by atoms with van der Waals surface area (Å²) in [5.41, 5.74) is 2.64. The molecule has 0 saturated heterocycles. The van der Waals surface area contributed by atoms with Gasteiger partial charge in [0.05, 0.1) is 35.0 Å². The van der Waals surface area contributed by atoms with Crippen molar-refractivity contribution in [3.05, 3.63) is 58.4 Å². The van der Waals surface area contributed by atoms with Gasteiger partial charge in [-0.2, -0.15) is 0 Å². The summed E-state index contributed by atoms with van der Waals surface area (Å²) in [6.45, 7) is 1.72. The summed E-state index contributed by atoms with van der Waals surface area (Å²) in [5, 5.41) is 10.7. The molecule has 0 radical (unpaired) electrons. The van der Waals surface area contributed by atoms with Crippen molar-refractivity contribution in [3.63, 3.8) is 0 Å². The summed E-state index contributed by atoms with van der Waals surface area (Å²) in [4.78, 5) is 21.2. The first-order chi connectivity index (χ1) is 13.1. The van der Waals surface area contributed by atoms with E-state index < -0.39 is 0 Å². The van der Waals surface area contributed by atoms with Gasteiger partial charge in [0, 0.05) is 17.2 Å². The molecule has 27 heavy (non-hydrogen) atoms. The summed E-state index contributed by atoms with van der Waals surface area (Å²) in [5.74, 6) is 0.618. The minimum Gasteiger partial charge on any atom is -0.356 e. The smallest absolute Gasteiger partial charge is 0.270 e. The maximum absolute atomic E-state index is 12.2. The minimum absolute atomic E-state index is 0.319. The Bertz CT molecular complexity index is 1100. The summed E-state index contributed by atoms with van der Waals surface area (Å²) in [6.07, 6.45) is 4.58. The highest BCUT2D eigenvalue weighted by molar-refractivity contribution is 7.08. The van der Waals surface area contributed by atoms with Gasteiger partial charge in [-0.15, -0.1) is 5.10 Å². The van der Waals surface area contributed by atoms with Crippen LogP contribution in [0.1, 0.15) is 15.4 Å². The first kappa shape index (κ1) is 17.3. The minimum atomic E-state index is -0.324. The molecule has 0 spiro atoms. The molecule has 3 heterocycles. The van der Waals surface area contributed by atoms with Crippen molar-refractivity contribution < 1.29 is 9.32 Å². The van der Waals surface area contributed by atoms with E-state index in [9.17, 15) is 4.79 Å². The van der Waals surface area contributed by atoms with Crippen LogP contribution in [0.3, 0.4) is 0 Å². The summed E-state index contributed by atoms with van der Waals surface area (Å²) >= 11 is 7.33. The van der Waals surface area contributed by atoms with Gasteiger partial charge >= 0.3 is 0 Å². The van der Waals surface area contributed by atoms with Crippen LogP contribution in [0.25, 0.3) is 22.6 Å². The molecule has 10 heteroatoms. The largest absolute Gasteiger partial charge is 0.356 e. The van der Waals surface area contributed by atoms with Crippen LogP contribution in [-0.4, -0.2) is 30.6 Å². The molecule has 3 aromatic heterocycles. The van der Waals surface area contributed by atoms with Gasteiger partial charge in [-0.3, -0.25) is 9.78 Å². The lowest BCUT2D eigenvalue weighted by Gasteiger charge is -2.07. The Morgan fingerprint density at radius 2 is 2.11 bits per heavy atom. The highest BCUT2D eigenvalue weighted by Crippen LogP contribution is 2.31. The summed E-state index contributed by atoms with van der Waals surface area (Å²) in [7, 11) is 0. The molecule has 1 aromatic carbocycles. The quantitative estimate of drug-likeness (QED) is 0.556. The number of aryl methyl sites for hydroxylation is 1. The molecule has 0 aliphatic heterocycles. The van der Waals surface area contributed by atoms with E-state index in [1.165, 1.54) is 6.20 Å². The molecular weight excluding hydrogens is 388 g/mol. The standard InChI is InChI=1S/C17H11ClN6O2S/c1-9-16(27-24-23-9)17(25)22-15-8-19-13(7-20-15)11-6-10(2-3-12(11)18)14-4-5-21-26-14/h2-8H,1H3,(H,20,22,25). The molecule has 0 saturated carbocycles. The van der Waals surface area contributed by atoms with Crippen LogP contribution in [0, 0.1) is 6.92 Å². The summed E-state index contributed by atoms with van der Waals surface area (Å²) < 4.78 is 8.92. The highest BCUT2D eigenvalue weighted by atomic mass is 35.5. The number of halogens is 1. The third-order valence-corrected chi connectivity index (χ3v) is 4.87. The first-order valence-electron chi connectivity index (χ1n) is 7.75. The number of hydrogen-bond donors (Lipinski definition) is 1. The monoisotopic (exact) mass is 398 g/mol. The van der Waals surface area contributed by atoms with Gasteiger partial charge in [0.15, 0.2) is 11.6 Å². The molecule has 0 bridgehead atoms. The average molecular weight is 399 g/mol. The number of hydrogen-bond acceptors (Lipinski definition) is 8. The second kappa shape index (κ2) is 7.22. The third kappa shape index (κ3) is 3.55. The lowest BCUT2D eigenvalue weighted by molar-refractivity contribution is 0.102. The predicted octanol–water partition coefficient (Wildman–Crippen LogP) is 3.86. The Morgan fingerprint density at radius 1 is 1.22 bits per heavy atom. The molecule has 0 aliphatic carbocycles. The van der Waals surface area contributed by atoms with Crippen LogP contribution in [0.4, 0.5) is 5.82 Å². The molecule has 1 amide bonds. The van der Waals surface area contributed by atoms with E-state index >= 15 is 0 Å². The Labute approximate surface area is 162 Å². The number of amides is 1. The number of aromatic nitrogens is 5. The predicted molar refractivity (Wildman–Crippen MR) is 101 cm³/mol. The normalized spacial score (nSPS) is 10.7. The molecule has 4 aromatic rings. The summed E-state index contributed by atoms with van der Waals surface area (Å²) in [6, 6.07) is 7.19. The molecule has 0 fully saturated rings. The fourth-order valence-electron chi connectivity index (χ4n) is 2.38. The number of rotatable bonds is 4. The van der Waals surface area contributed by atoms with E-state index in [1.54, 1.807) is 31.5 Å². The van der Waals surface area contributed by atoms with Gasteiger partial charge < -0.3 is 9.84 Å². The Kier molecular flexibility index (Phi) is 4.61. The van der Waals surface area contributed by atoms with Gasteiger partial charge in [-0.25, -0.2) is 4.98 Å². The number of nitrogens with zero attached hydrogens (tertiary/aromatic N) is 5. The Balaban J connectivity index is 1.58. The van der Waals surface area contributed by atoms with Crippen LogP contribution in [0.5, 0.6) is 0 Å². The van der Waals surface area contributed by atoms with Crippen molar-refractivity contribution in [3.8, 4) is 22.6 Å². The molecule has 0 atom stereocenters. The van der Waals surface area contributed by atoms with E-state index in [-0.39, 0.29) is 5.91 Å². The number of carbonyl (C=O) groups excluding carboxylic acids is 1. The lowest BCUT2D eigenvalue weighted by Crippen LogP contribution is -2.13. The third-order valence-electron chi connectivity index (χ3n) is 3.72. The zero-order valence-corrected chi connectivity index (χ0v) is 15.5. The molecule has 1 N–H and O–H groups in total. The topological polar surface area (TPSA) is 107 Å². The van der Waals surface area contributed by atoms with E-state index in [0.717, 1.165) is 17.1 Å². The molecule has 0 unspecified atom stereocenters. The molecule has 134 valence electrons. The van der Waals surface area contributed by atoms with E-state index in [1.807, 2.05) is 12.1 Å². The molecule has 8 nitrogen and oxygen atoms in total. The SMILES string of the molecule is Cc1nnsc1C(=O)Nc1cnc(-c2cc(-c3ccno3)ccc2Cl)cn1. The van der Waals surface area contributed by atoms with Crippen molar-refractivity contribution in [2.24, 2.45) is 0 Å². The molecule has 4 rings (SSSR count). The first-order valence-corrected chi connectivity index (χ1v) is 8.90. The number of carbonyl (C=O) groups is 1. The Hall–Kier alpha value is -3.17. The number of anilines is 1. The van der Waals surface area contributed by atoms with Crippen LogP contribution < -0.4 is 5.32 Å². The van der Waals surface area contributed by atoms with Gasteiger partial charge in [-0.05, 0) is 36.7 Å². The van der Waals surface area contributed by atoms with Gasteiger partial charge in [-0.1, -0.05) is 21.2 Å².